The van der Waals surface area contributed by atoms with Crippen LogP contribution >= 0.6 is 0 Å². The SMILES string of the molecule is COc1ccc(COCC(NC(=O)OCC2c3ccccc3-c3ccccc32)C(=O)O)cc1. The first-order valence-electron chi connectivity index (χ1n) is 10.6. The van der Waals surface area contributed by atoms with Crippen LogP contribution < -0.4 is 10.1 Å². The molecular formula is C26H25NO6. The molecule has 0 heterocycles. The highest BCUT2D eigenvalue weighted by Crippen LogP contribution is 2.44. The zero-order chi connectivity index (χ0) is 23.2. The van der Waals surface area contributed by atoms with E-state index in [-0.39, 0.29) is 25.7 Å². The molecule has 1 amide bonds. The van der Waals surface area contributed by atoms with Gasteiger partial charge in [0, 0.05) is 5.92 Å². The van der Waals surface area contributed by atoms with Crippen LogP contribution in [0.5, 0.6) is 5.75 Å². The number of hydrogen-bond donors (Lipinski definition) is 2. The number of carboxylic acids is 1. The zero-order valence-corrected chi connectivity index (χ0v) is 18.2. The van der Waals surface area contributed by atoms with Crippen LogP contribution in [0, 0.1) is 0 Å². The molecule has 1 aliphatic carbocycles. The van der Waals surface area contributed by atoms with Gasteiger partial charge >= 0.3 is 12.1 Å². The molecule has 1 unspecified atom stereocenters. The van der Waals surface area contributed by atoms with Gasteiger partial charge < -0.3 is 24.6 Å². The molecule has 0 bridgehead atoms. The van der Waals surface area contributed by atoms with Crippen LogP contribution in [0.1, 0.15) is 22.6 Å². The summed E-state index contributed by atoms with van der Waals surface area (Å²) < 4.78 is 16.0. The predicted molar refractivity (Wildman–Crippen MR) is 122 cm³/mol. The Kier molecular flexibility index (Phi) is 6.90. The Morgan fingerprint density at radius 3 is 2.12 bits per heavy atom. The van der Waals surface area contributed by atoms with Gasteiger partial charge in [-0.1, -0.05) is 60.7 Å². The van der Waals surface area contributed by atoms with E-state index in [1.54, 1.807) is 19.2 Å². The van der Waals surface area contributed by atoms with Crippen LogP contribution in [0.25, 0.3) is 11.1 Å². The number of rotatable bonds is 9. The van der Waals surface area contributed by atoms with Crippen molar-refractivity contribution in [3.63, 3.8) is 0 Å². The Hall–Kier alpha value is -3.84. The van der Waals surface area contributed by atoms with Crippen LogP contribution in [0.2, 0.25) is 0 Å². The molecule has 0 saturated carbocycles. The Bertz CT molecular complexity index is 1080. The first-order valence-corrected chi connectivity index (χ1v) is 10.6. The number of aliphatic carboxylic acids is 1. The van der Waals surface area contributed by atoms with E-state index in [9.17, 15) is 14.7 Å². The van der Waals surface area contributed by atoms with E-state index in [2.05, 4.69) is 17.4 Å². The lowest BCUT2D eigenvalue weighted by Gasteiger charge is -2.17. The van der Waals surface area contributed by atoms with E-state index in [0.29, 0.717) is 0 Å². The minimum absolute atomic E-state index is 0.0993. The number of ether oxygens (including phenoxy) is 3. The summed E-state index contributed by atoms with van der Waals surface area (Å²) in [5.41, 5.74) is 5.28. The lowest BCUT2D eigenvalue weighted by Crippen LogP contribution is -2.44. The third kappa shape index (κ3) is 5.15. The number of carbonyl (C=O) groups excluding carboxylic acids is 1. The molecule has 7 heteroatoms. The van der Waals surface area contributed by atoms with Crippen LogP contribution in [0.4, 0.5) is 4.79 Å². The van der Waals surface area contributed by atoms with E-state index in [4.69, 9.17) is 14.2 Å². The Morgan fingerprint density at radius 1 is 0.939 bits per heavy atom. The highest BCUT2D eigenvalue weighted by Gasteiger charge is 2.29. The summed E-state index contributed by atoms with van der Waals surface area (Å²) in [6.45, 7) is 0.130. The van der Waals surface area contributed by atoms with Gasteiger partial charge in [-0.25, -0.2) is 9.59 Å². The molecule has 0 saturated heterocycles. The Morgan fingerprint density at radius 2 is 1.55 bits per heavy atom. The molecule has 2 N–H and O–H groups in total. The van der Waals surface area contributed by atoms with Gasteiger partial charge in [-0.3, -0.25) is 0 Å². The van der Waals surface area contributed by atoms with Gasteiger partial charge in [0.05, 0.1) is 20.3 Å². The minimum Gasteiger partial charge on any atom is -0.497 e. The van der Waals surface area contributed by atoms with Crippen molar-refractivity contribution in [3.8, 4) is 16.9 Å². The molecule has 1 atom stereocenters. The fraction of sp³-hybridized carbons (Fsp3) is 0.231. The molecule has 1 aliphatic rings. The smallest absolute Gasteiger partial charge is 0.407 e. The number of carbonyl (C=O) groups is 2. The molecule has 3 aromatic carbocycles. The molecule has 0 aliphatic heterocycles. The van der Waals surface area contributed by atoms with Crippen molar-refractivity contribution < 1.29 is 28.9 Å². The lowest BCUT2D eigenvalue weighted by molar-refractivity contribution is -0.141. The molecular weight excluding hydrogens is 422 g/mol. The lowest BCUT2D eigenvalue weighted by atomic mass is 9.98. The number of alkyl carbamates (subject to hydrolysis) is 1. The summed E-state index contributed by atoms with van der Waals surface area (Å²) in [6, 6.07) is 22.0. The molecule has 0 spiro atoms. The maximum absolute atomic E-state index is 12.4. The first kappa shape index (κ1) is 22.4. The van der Waals surface area contributed by atoms with E-state index in [1.165, 1.54) is 0 Å². The predicted octanol–water partition coefficient (Wildman–Crippen LogP) is 4.20. The van der Waals surface area contributed by atoms with Crippen molar-refractivity contribution in [2.24, 2.45) is 0 Å². The molecule has 0 fully saturated rings. The first-order chi connectivity index (χ1) is 16.1. The summed E-state index contributed by atoms with van der Waals surface area (Å²) in [5.74, 6) is -0.574. The van der Waals surface area contributed by atoms with Gasteiger partial charge in [0.2, 0.25) is 0 Å². The third-order valence-corrected chi connectivity index (χ3v) is 5.65. The number of amides is 1. The maximum Gasteiger partial charge on any atom is 0.407 e. The number of nitrogens with one attached hydrogen (secondary N) is 1. The molecule has 170 valence electrons. The molecule has 0 radical (unpaired) electrons. The summed E-state index contributed by atoms with van der Waals surface area (Å²) in [7, 11) is 1.58. The maximum atomic E-state index is 12.4. The normalized spacial score (nSPS) is 13.0. The average Bonchev–Trinajstić information content (AvgIpc) is 3.16. The Balaban J connectivity index is 1.32. The second kappa shape index (κ2) is 10.2. The van der Waals surface area contributed by atoms with E-state index in [1.807, 2.05) is 48.5 Å². The molecule has 0 aromatic heterocycles. The van der Waals surface area contributed by atoms with Crippen LogP contribution in [0.15, 0.2) is 72.8 Å². The van der Waals surface area contributed by atoms with Crippen molar-refractivity contribution in [3.05, 3.63) is 89.5 Å². The van der Waals surface area contributed by atoms with E-state index < -0.39 is 18.1 Å². The number of benzene rings is 3. The summed E-state index contributed by atoms with van der Waals surface area (Å²) in [6.07, 6.45) is -0.794. The fourth-order valence-corrected chi connectivity index (χ4v) is 3.97. The number of carboxylic acid groups (broad SMARTS) is 1. The topological polar surface area (TPSA) is 94.1 Å². The van der Waals surface area contributed by atoms with Crippen LogP contribution in [-0.2, 0) is 20.9 Å². The molecule has 3 aromatic rings. The van der Waals surface area contributed by atoms with Crippen LogP contribution in [0.3, 0.4) is 0 Å². The van der Waals surface area contributed by atoms with E-state index >= 15 is 0 Å². The van der Waals surface area contributed by atoms with Gasteiger partial charge in [0.15, 0.2) is 6.04 Å². The van der Waals surface area contributed by atoms with Gasteiger partial charge in [0.25, 0.3) is 0 Å². The summed E-state index contributed by atoms with van der Waals surface area (Å²) >= 11 is 0. The number of methoxy groups -OCH3 is 1. The summed E-state index contributed by atoms with van der Waals surface area (Å²) in [4.78, 5) is 24.0. The van der Waals surface area contributed by atoms with Gasteiger partial charge in [-0.05, 0) is 39.9 Å². The van der Waals surface area contributed by atoms with Crippen molar-refractivity contribution in [2.75, 3.05) is 20.3 Å². The van der Waals surface area contributed by atoms with Crippen LogP contribution in [-0.4, -0.2) is 43.5 Å². The van der Waals surface area contributed by atoms with Crippen molar-refractivity contribution in [1.82, 2.24) is 5.32 Å². The van der Waals surface area contributed by atoms with E-state index in [0.717, 1.165) is 33.6 Å². The number of hydrogen-bond acceptors (Lipinski definition) is 5. The minimum atomic E-state index is -1.22. The summed E-state index contributed by atoms with van der Waals surface area (Å²) in [5, 5.41) is 11.8. The molecule has 7 nitrogen and oxygen atoms in total. The molecule has 33 heavy (non-hydrogen) atoms. The van der Waals surface area contributed by atoms with Gasteiger partial charge in [-0.15, -0.1) is 0 Å². The van der Waals surface area contributed by atoms with Crippen molar-refractivity contribution in [2.45, 2.75) is 18.6 Å². The van der Waals surface area contributed by atoms with Gasteiger partial charge in [0.1, 0.15) is 12.4 Å². The number of fused-ring (bicyclic) bond motifs is 3. The quantitative estimate of drug-likeness (QED) is 0.511. The van der Waals surface area contributed by atoms with Crippen molar-refractivity contribution in [1.29, 1.82) is 0 Å². The monoisotopic (exact) mass is 447 g/mol. The average molecular weight is 447 g/mol. The largest absolute Gasteiger partial charge is 0.497 e. The second-order valence-corrected chi connectivity index (χ2v) is 7.72. The zero-order valence-electron chi connectivity index (χ0n) is 18.2. The Labute approximate surface area is 191 Å². The van der Waals surface area contributed by atoms with Crippen molar-refractivity contribution >= 4 is 12.1 Å². The molecule has 4 rings (SSSR count). The highest BCUT2D eigenvalue weighted by atomic mass is 16.5. The van der Waals surface area contributed by atoms with Gasteiger partial charge in [-0.2, -0.15) is 0 Å². The third-order valence-electron chi connectivity index (χ3n) is 5.65. The fourth-order valence-electron chi connectivity index (χ4n) is 3.97. The standard InChI is InChI=1S/C26H25NO6/c1-31-18-12-10-17(11-13-18)14-32-16-24(25(28)29)27-26(30)33-15-23-21-8-4-2-6-19(21)20-7-3-5-9-22(20)23/h2-13,23-24H,14-16H2,1H3,(H,27,30)(H,28,29). The highest BCUT2D eigenvalue weighted by molar-refractivity contribution is 5.81. The second-order valence-electron chi connectivity index (χ2n) is 7.72.